The molecule has 2 aromatic rings. The first-order valence-corrected chi connectivity index (χ1v) is 5.45. The monoisotopic (exact) mass is 233 g/mol. The van der Waals surface area contributed by atoms with Crippen molar-refractivity contribution < 1.29 is 9.15 Å². The van der Waals surface area contributed by atoms with E-state index in [0.29, 0.717) is 24.7 Å². The summed E-state index contributed by atoms with van der Waals surface area (Å²) in [7, 11) is 1.62. The smallest absolute Gasteiger partial charge is 0.249 e. The highest BCUT2D eigenvalue weighted by molar-refractivity contribution is 5.21. The van der Waals surface area contributed by atoms with E-state index >= 15 is 0 Å². The Morgan fingerprint density at radius 1 is 1.29 bits per heavy atom. The first-order valence-electron chi connectivity index (χ1n) is 5.45. The predicted molar refractivity (Wildman–Crippen MR) is 62.4 cm³/mol. The van der Waals surface area contributed by atoms with Gasteiger partial charge in [0.05, 0.1) is 0 Å². The molecule has 2 rings (SSSR count). The first-order chi connectivity index (χ1) is 8.35. The zero-order valence-electron chi connectivity index (χ0n) is 9.67. The Labute approximate surface area is 99.6 Å². The van der Waals surface area contributed by atoms with Crippen LogP contribution in [0.2, 0.25) is 0 Å². The summed E-state index contributed by atoms with van der Waals surface area (Å²) in [6.07, 6.45) is 0.258. The Hall–Kier alpha value is -1.72. The average molecular weight is 233 g/mol. The fraction of sp³-hybridized carbons (Fsp3) is 0.333. The van der Waals surface area contributed by atoms with Gasteiger partial charge in [-0.15, -0.1) is 10.2 Å². The maximum Gasteiger partial charge on any atom is 0.249 e. The first kappa shape index (κ1) is 11.8. The zero-order valence-corrected chi connectivity index (χ0v) is 9.67. The van der Waals surface area contributed by atoms with E-state index in [2.05, 4.69) is 10.2 Å². The number of nitrogens with two attached hydrogens (primary N) is 1. The van der Waals surface area contributed by atoms with E-state index < -0.39 is 0 Å². The molecular formula is C12H15N3O2. The molecule has 0 fully saturated rings. The molecular weight excluding hydrogens is 218 g/mol. The van der Waals surface area contributed by atoms with Crippen LogP contribution < -0.4 is 5.73 Å². The van der Waals surface area contributed by atoms with Crippen molar-refractivity contribution in [2.75, 3.05) is 13.7 Å². The molecule has 90 valence electrons. The highest BCUT2D eigenvalue weighted by atomic mass is 16.5. The summed E-state index contributed by atoms with van der Waals surface area (Å²) in [6, 6.07) is 9.75. The maximum absolute atomic E-state index is 5.50. The summed E-state index contributed by atoms with van der Waals surface area (Å²) in [6.45, 7) is 0.491. The molecule has 0 aliphatic heterocycles. The molecule has 0 spiro atoms. The number of rotatable bonds is 5. The molecule has 1 atom stereocenters. The van der Waals surface area contributed by atoms with Gasteiger partial charge in [-0.2, -0.15) is 0 Å². The Kier molecular flexibility index (Phi) is 3.85. The molecule has 0 amide bonds. The van der Waals surface area contributed by atoms with Crippen molar-refractivity contribution in [1.29, 1.82) is 0 Å². The van der Waals surface area contributed by atoms with Gasteiger partial charge >= 0.3 is 0 Å². The molecule has 0 bridgehead atoms. The number of hydrogen-bond acceptors (Lipinski definition) is 5. The Balaban J connectivity index is 2.23. The van der Waals surface area contributed by atoms with Crippen LogP contribution in [0.1, 0.15) is 23.4 Å². The van der Waals surface area contributed by atoms with Gasteiger partial charge in [0.15, 0.2) is 6.10 Å². The van der Waals surface area contributed by atoms with Gasteiger partial charge in [0.25, 0.3) is 0 Å². The fourth-order valence-electron chi connectivity index (χ4n) is 1.60. The molecule has 5 nitrogen and oxygen atoms in total. The second kappa shape index (κ2) is 5.56. The third kappa shape index (κ3) is 2.69. The Bertz CT molecular complexity index is 456. The summed E-state index contributed by atoms with van der Waals surface area (Å²) in [4.78, 5) is 0. The summed E-state index contributed by atoms with van der Waals surface area (Å²) in [5, 5.41) is 7.91. The maximum atomic E-state index is 5.50. The van der Waals surface area contributed by atoms with Crippen LogP contribution in [0.3, 0.4) is 0 Å². The number of aromatic nitrogens is 2. The fourth-order valence-corrected chi connectivity index (χ4v) is 1.60. The van der Waals surface area contributed by atoms with Crippen molar-refractivity contribution in [3.63, 3.8) is 0 Å². The predicted octanol–water partition coefficient (Wildman–Crippen LogP) is 1.31. The quantitative estimate of drug-likeness (QED) is 0.842. The molecule has 0 aliphatic carbocycles. The van der Waals surface area contributed by atoms with Gasteiger partial charge in [-0.25, -0.2) is 0 Å². The van der Waals surface area contributed by atoms with E-state index in [1.807, 2.05) is 30.3 Å². The van der Waals surface area contributed by atoms with Crippen LogP contribution in [0.4, 0.5) is 0 Å². The normalized spacial score (nSPS) is 12.6. The lowest BCUT2D eigenvalue weighted by Crippen LogP contribution is -2.04. The van der Waals surface area contributed by atoms with Crippen LogP contribution in [0.15, 0.2) is 34.7 Å². The van der Waals surface area contributed by atoms with Gasteiger partial charge in [0.1, 0.15) is 0 Å². The van der Waals surface area contributed by atoms with E-state index in [9.17, 15) is 0 Å². The zero-order chi connectivity index (χ0) is 12.1. The van der Waals surface area contributed by atoms with E-state index in [4.69, 9.17) is 14.9 Å². The Morgan fingerprint density at radius 2 is 2.06 bits per heavy atom. The van der Waals surface area contributed by atoms with Gasteiger partial charge < -0.3 is 14.9 Å². The summed E-state index contributed by atoms with van der Waals surface area (Å²) in [5.41, 5.74) is 6.41. The molecule has 0 saturated carbocycles. The number of hydrogen-bond donors (Lipinski definition) is 1. The van der Waals surface area contributed by atoms with Crippen LogP contribution in [0.5, 0.6) is 0 Å². The third-order valence-electron chi connectivity index (χ3n) is 2.40. The van der Waals surface area contributed by atoms with Crippen molar-refractivity contribution in [1.82, 2.24) is 10.2 Å². The standard InChI is InChI=1S/C12H15N3O2/c1-16-11(9-5-3-2-4-6-9)12-15-14-10(17-12)7-8-13/h2-6,11H,7-8,13H2,1H3. The van der Waals surface area contributed by atoms with E-state index in [0.717, 1.165) is 5.56 Å². The molecule has 1 unspecified atom stereocenters. The molecule has 17 heavy (non-hydrogen) atoms. The van der Waals surface area contributed by atoms with E-state index in [1.165, 1.54) is 0 Å². The van der Waals surface area contributed by atoms with Crippen LogP contribution in [-0.4, -0.2) is 23.9 Å². The molecule has 5 heteroatoms. The SMILES string of the molecule is COC(c1ccccc1)c1nnc(CCN)o1. The van der Waals surface area contributed by atoms with Crippen molar-refractivity contribution in [2.24, 2.45) is 5.73 Å². The summed E-state index contributed by atoms with van der Waals surface area (Å²) >= 11 is 0. The molecule has 0 aliphatic rings. The highest BCUT2D eigenvalue weighted by Gasteiger charge is 2.19. The number of nitrogens with zero attached hydrogens (tertiary/aromatic N) is 2. The largest absolute Gasteiger partial charge is 0.422 e. The van der Waals surface area contributed by atoms with E-state index in [-0.39, 0.29) is 6.10 Å². The lowest BCUT2D eigenvalue weighted by atomic mass is 10.1. The van der Waals surface area contributed by atoms with Crippen LogP contribution >= 0.6 is 0 Å². The minimum atomic E-state index is -0.324. The van der Waals surface area contributed by atoms with Crippen molar-refractivity contribution in [3.8, 4) is 0 Å². The second-order valence-electron chi connectivity index (χ2n) is 3.60. The lowest BCUT2D eigenvalue weighted by molar-refractivity contribution is 0.110. The van der Waals surface area contributed by atoms with Crippen LogP contribution in [0.25, 0.3) is 0 Å². The minimum absolute atomic E-state index is 0.324. The van der Waals surface area contributed by atoms with Crippen molar-refractivity contribution in [2.45, 2.75) is 12.5 Å². The van der Waals surface area contributed by atoms with Gasteiger partial charge in [-0.3, -0.25) is 0 Å². The molecule has 0 radical (unpaired) electrons. The van der Waals surface area contributed by atoms with Crippen LogP contribution in [0, 0.1) is 0 Å². The Morgan fingerprint density at radius 3 is 2.71 bits per heavy atom. The van der Waals surface area contributed by atoms with Gasteiger partial charge in [0, 0.05) is 20.1 Å². The molecule has 0 saturated heterocycles. The highest BCUT2D eigenvalue weighted by Crippen LogP contribution is 2.23. The molecule has 1 heterocycles. The molecule has 2 N–H and O–H groups in total. The average Bonchev–Trinajstić information content (AvgIpc) is 2.81. The van der Waals surface area contributed by atoms with Gasteiger partial charge in [0.2, 0.25) is 11.8 Å². The second-order valence-corrected chi connectivity index (χ2v) is 3.60. The topological polar surface area (TPSA) is 74.2 Å². The number of ether oxygens (including phenoxy) is 1. The van der Waals surface area contributed by atoms with E-state index in [1.54, 1.807) is 7.11 Å². The van der Waals surface area contributed by atoms with Crippen LogP contribution in [-0.2, 0) is 11.2 Å². The third-order valence-corrected chi connectivity index (χ3v) is 2.40. The van der Waals surface area contributed by atoms with Gasteiger partial charge in [-0.1, -0.05) is 30.3 Å². The number of methoxy groups -OCH3 is 1. The van der Waals surface area contributed by atoms with Gasteiger partial charge in [-0.05, 0) is 5.56 Å². The minimum Gasteiger partial charge on any atom is -0.422 e. The number of benzene rings is 1. The molecule has 1 aromatic carbocycles. The molecule has 1 aromatic heterocycles. The van der Waals surface area contributed by atoms with Crippen molar-refractivity contribution in [3.05, 3.63) is 47.7 Å². The summed E-state index contributed by atoms with van der Waals surface area (Å²) in [5.74, 6) is 1.00. The summed E-state index contributed by atoms with van der Waals surface area (Å²) < 4.78 is 10.9. The lowest BCUT2D eigenvalue weighted by Gasteiger charge is -2.10. The van der Waals surface area contributed by atoms with Crippen molar-refractivity contribution >= 4 is 0 Å².